The minimum atomic E-state index is -3.55. The molecule has 28 heavy (non-hydrogen) atoms. The number of sulfonamides is 1. The number of nitrogens with one attached hydrogen (secondary N) is 1. The Balaban J connectivity index is 1.81. The number of anilines is 1. The van der Waals surface area contributed by atoms with Crippen molar-refractivity contribution >= 4 is 44.6 Å². The highest BCUT2D eigenvalue weighted by atomic mass is 35.5. The van der Waals surface area contributed by atoms with Gasteiger partial charge in [-0.15, -0.1) is 0 Å². The van der Waals surface area contributed by atoms with E-state index in [2.05, 4.69) is 5.32 Å². The number of benzene rings is 2. The first kappa shape index (κ1) is 21.0. The molecule has 0 amide bonds. The molecule has 0 aliphatic heterocycles. The zero-order chi connectivity index (χ0) is 20.5. The molecule has 2 aromatic carbocycles. The van der Waals surface area contributed by atoms with Crippen LogP contribution in [0.2, 0.25) is 5.02 Å². The van der Waals surface area contributed by atoms with Gasteiger partial charge in [-0.05, 0) is 55.4 Å². The fourth-order valence-electron chi connectivity index (χ4n) is 2.75. The summed E-state index contributed by atoms with van der Waals surface area (Å²) in [5.74, 6) is -0.375. The lowest BCUT2D eigenvalue weighted by molar-refractivity contribution is 0.400. The molecule has 0 atom stereocenters. The van der Waals surface area contributed by atoms with E-state index < -0.39 is 10.0 Å². The molecule has 0 spiro atoms. The van der Waals surface area contributed by atoms with Crippen LogP contribution in [0.4, 0.5) is 10.1 Å². The molecular weight excluding hydrogens is 421 g/mol. The molecule has 1 aliphatic rings. The molecule has 1 aliphatic carbocycles. The molecule has 0 aromatic heterocycles. The fraction of sp³-hybridized carbons (Fsp3) is 0.316. The van der Waals surface area contributed by atoms with E-state index >= 15 is 0 Å². The van der Waals surface area contributed by atoms with Crippen LogP contribution in [-0.2, 0) is 16.6 Å². The molecule has 0 saturated heterocycles. The Morgan fingerprint density at radius 2 is 1.93 bits per heavy atom. The highest BCUT2D eigenvalue weighted by Crippen LogP contribution is 2.31. The normalized spacial score (nSPS) is 14.2. The van der Waals surface area contributed by atoms with Crippen molar-refractivity contribution in [3.63, 3.8) is 0 Å². The number of halogens is 2. The monoisotopic (exact) mass is 441 g/mol. The summed E-state index contributed by atoms with van der Waals surface area (Å²) in [6, 6.07) is 11.2. The van der Waals surface area contributed by atoms with Gasteiger partial charge in [-0.2, -0.15) is 0 Å². The van der Waals surface area contributed by atoms with Crippen LogP contribution in [0.1, 0.15) is 18.4 Å². The largest absolute Gasteiger partial charge is 0.342 e. The molecular formula is C19H21ClFN3O2S2. The summed E-state index contributed by atoms with van der Waals surface area (Å²) in [5, 5.41) is 3.84. The Morgan fingerprint density at radius 1 is 1.25 bits per heavy atom. The quantitative estimate of drug-likeness (QED) is 0.684. The second-order valence-corrected chi connectivity index (χ2v) is 9.75. The molecule has 1 fully saturated rings. The first-order valence-electron chi connectivity index (χ1n) is 8.73. The van der Waals surface area contributed by atoms with Crippen molar-refractivity contribution in [2.45, 2.75) is 30.3 Å². The van der Waals surface area contributed by atoms with Gasteiger partial charge in [0, 0.05) is 43.0 Å². The van der Waals surface area contributed by atoms with E-state index in [1.807, 2.05) is 4.90 Å². The highest BCUT2D eigenvalue weighted by molar-refractivity contribution is 7.89. The van der Waals surface area contributed by atoms with Crippen LogP contribution < -0.4 is 5.32 Å². The topological polar surface area (TPSA) is 52.7 Å². The van der Waals surface area contributed by atoms with Gasteiger partial charge >= 0.3 is 0 Å². The zero-order valence-corrected chi connectivity index (χ0v) is 17.9. The van der Waals surface area contributed by atoms with E-state index in [0.29, 0.717) is 21.4 Å². The first-order chi connectivity index (χ1) is 13.2. The number of rotatable bonds is 6. The van der Waals surface area contributed by atoms with E-state index in [0.717, 1.165) is 17.1 Å². The molecule has 9 heteroatoms. The van der Waals surface area contributed by atoms with Gasteiger partial charge in [0.2, 0.25) is 10.0 Å². The molecule has 1 N–H and O–H groups in total. The highest BCUT2D eigenvalue weighted by Gasteiger charge is 2.32. The summed E-state index contributed by atoms with van der Waals surface area (Å²) in [5.41, 5.74) is 0.947. The van der Waals surface area contributed by atoms with Crippen molar-refractivity contribution in [3.8, 4) is 0 Å². The predicted octanol–water partition coefficient (Wildman–Crippen LogP) is 4.09. The van der Waals surface area contributed by atoms with Crippen LogP contribution in [0.25, 0.3) is 0 Å². The Hall–Kier alpha value is -1.74. The van der Waals surface area contributed by atoms with Crippen molar-refractivity contribution in [2.75, 3.05) is 19.4 Å². The number of hydrogen-bond donors (Lipinski definition) is 1. The summed E-state index contributed by atoms with van der Waals surface area (Å²) >= 11 is 11.7. The summed E-state index contributed by atoms with van der Waals surface area (Å²) in [7, 11) is -0.591. The Bertz CT molecular complexity index is 974. The van der Waals surface area contributed by atoms with Crippen LogP contribution in [0.3, 0.4) is 0 Å². The molecule has 3 rings (SSSR count). The lowest BCUT2D eigenvalue weighted by Crippen LogP contribution is -2.36. The van der Waals surface area contributed by atoms with Crippen molar-refractivity contribution in [1.82, 2.24) is 9.21 Å². The molecule has 0 heterocycles. The van der Waals surface area contributed by atoms with Gasteiger partial charge in [-0.1, -0.05) is 23.7 Å². The summed E-state index contributed by atoms with van der Waals surface area (Å²) in [6.45, 7) is 0.248. The minimum Gasteiger partial charge on any atom is -0.342 e. The van der Waals surface area contributed by atoms with Crippen LogP contribution in [0.5, 0.6) is 0 Å². The zero-order valence-electron chi connectivity index (χ0n) is 15.5. The van der Waals surface area contributed by atoms with E-state index in [-0.39, 0.29) is 23.3 Å². The lowest BCUT2D eigenvalue weighted by atomic mass is 10.2. The van der Waals surface area contributed by atoms with E-state index in [4.69, 9.17) is 23.8 Å². The van der Waals surface area contributed by atoms with Gasteiger partial charge in [0.15, 0.2) is 5.11 Å². The standard InChI is InChI=1S/C19H21ClFN3O2S2/c1-23(2)28(25,26)15-6-3-5-13(11-15)22-19(27)24(14-9-10-14)12-16-17(20)7-4-8-18(16)21/h3-8,11,14H,9-10,12H2,1-2H3,(H,22,27). The third-order valence-electron chi connectivity index (χ3n) is 4.50. The van der Waals surface area contributed by atoms with Crippen LogP contribution in [0.15, 0.2) is 47.4 Å². The molecule has 0 radical (unpaired) electrons. The Kier molecular flexibility index (Phi) is 6.24. The van der Waals surface area contributed by atoms with E-state index in [9.17, 15) is 12.8 Å². The SMILES string of the molecule is CN(C)S(=O)(=O)c1cccc(NC(=S)N(Cc2c(F)cccc2Cl)C2CC2)c1. The van der Waals surface area contributed by atoms with Crippen molar-refractivity contribution < 1.29 is 12.8 Å². The van der Waals surface area contributed by atoms with E-state index in [1.165, 1.54) is 32.3 Å². The summed E-state index contributed by atoms with van der Waals surface area (Å²) in [6.07, 6.45) is 1.92. The van der Waals surface area contributed by atoms with Crippen LogP contribution >= 0.6 is 23.8 Å². The van der Waals surface area contributed by atoms with Gasteiger partial charge < -0.3 is 10.2 Å². The molecule has 0 bridgehead atoms. The lowest BCUT2D eigenvalue weighted by Gasteiger charge is -2.26. The average molecular weight is 442 g/mol. The molecule has 1 saturated carbocycles. The molecule has 5 nitrogen and oxygen atoms in total. The number of thiocarbonyl (C=S) groups is 1. The van der Waals surface area contributed by atoms with E-state index in [1.54, 1.807) is 24.3 Å². The second kappa shape index (κ2) is 8.32. The van der Waals surface area contributed by atoms with Crippen molar-refractivity contribution in [2.24, 2.45) is 0 Å². The smallest absolute Gasteiger partial charge is 0.242 e. The second-order valence-electron chi connectivity index (χ2n) is 6.80. The third-order valence-corrected chi connectivity index (χ3v) is 7.00. The van der Waals surface area contributed by atoms with Crippen LogP contribution in [0, 0.1) is 5.82 Å². The van der Waals surface area contributed by atoms with Crippen molar-refractivity contribution in [3.05, 3.63) is 58.9 Å². The van der Waals surface area contributed by atoms with Gasteiger partial charge in [-0.25, -0.2) is 17.1 Å². The maximum Gasteiger partial charge on any atom is 0.242 e. The van der Waals surface area contributed by atoms with Crippen molar-refractivity contribution in [1.29, 1.82) is 0 Å². The maximum absolute atomic E-state index is 14.2. The fourth-order valence-corrected chi connectivity index (χ4v) is 4.25. The van der Waals surface area contributed by atoms with Gasteiger partial charge in [0.05, 0.1) is 4.90 Å². The van der Waals surface area contributed by atoms with Gasteiger partial charge in [0.1, 0.15) is 5.82 Å². The van der Waals surface area contributed by atoms with Crippen LogP contribution in [-0.4, -0.2) is 42.9 Å². The predicted molar refractivity (Wildman–Crippen MR) is 114 cm³/mol. The number of hydrogen-bond acceptors (Lipinski definition) is 3. The molecule has 150 valence electrons. The molecule has 2 aromatic rings. The van der Waals surface area contributed by atoms with Gasteiger partial charge in [-0.3, -0.25) is 0 Å². The summed E-state index contributed by atoms with van der Waals surface area (Å²) < 4.78 is 40.0. The number of nitrogens with zero attached hydrogens (tertiary/aromatic N) is 2. The summed E-state index contributed by atoms with van der Waals surface area (Å²) in [4.78, 5) is 2.06. The first-order valence-corrected chi connectivity index (χ1v) is 11.0. The minimum absolute atomic E-state index is 0.167. The van der Waals surface area contributed by atoms with Gasteiger partial charge in [0.25, 0.3) is 0 Å². The third kappa shape index (κ3) is 4.63. The average Bonchev–Trinajstić information content (AvgIpc) is 3.46. The Labute approximate surface area is 175 Å². The molecule has 0 unspecified atom stereocenters. The maximum atomic E-state index is 14.2. The Morgan fingerprint density at radius 3 is 2.54 bits per heavy atom.